The van der Waals surface area contributed by atoms with Crippen LogP contribution in [-0.2, 0) is 4.79 Å². The lowest BCUT2D eigenvalue weighted by molar-refractivity contribution is -0.135. The van der Waals surface area contributed by atoms with E-state index in [0.29, 0.717) is 17.9 Å². The summed E-state index contributed by atoms with van der Waals surface area (Å²) in [5.41, 5.74) is 6.10. The first-order valence-electron chi connectivity index (χ1n) is 9.25. The highest BCUT2D eigenvalue weighted by Crippen LogP contribution is 2.23. The second-order valence-electron chi connectivity index (χ2n) is 7.87. The summed E-state index contributed by atoms with van der Waals surface area (Å²) in [6.07, 6.45) is 7.22. The molecule has 3 atom stereocenters. The number of carbonyl (C=O) groups excluding carboxylic acids is 1. The molecule has 144 valence electrons. The Morgan fingerprint density at radius 3 is 2.46 bits per heavy atom. The fourth-order valence-corrected chi connectivity index (χ4v) is 4.02. The molecule has 2 aliphatic rings. The highest BCUT2D eigenvalue weighted by Gasteiger charge is 2.29. The smallest absolute Gasteiger partial charge is 0.239 e. The molecule has 2 unspecified atom stereocenters. The standard InChI is InChI=1S/C18H35N3O.2ClH/c1-14(2)11-17(19)18(22)21-10-6-8-16(13-21)12-20-9-5-4-7-15(20)3;;/h14-17H,4-13,19H2,1-3H3;2*1H/t15?,16?,17-;;/m0../s1. The number of nitrogens with two attached hydrogens (primary N) is 1. The first-order valence-corrected chi connectivity index (χ1v) is 9.25. The second-order valence-corrected chi connectivity index (χ2v) is 7.87. The van der Waals surface area contributed by atoms with Crippen LogP contribution in [0.4, 0.5) is 0 Å². The van der Waals surface area contributed by atoms with Crippen molar-refractivity contribution in [3.05, 3.63) is 0 Å². The Morgan fingerprint density at radius 1 is 1.12 bits per heavy atom. The molecule has 0 aromatic carbocycles. The van der Waals surface area contributed by atoms with Crippen molar-refractivity contribution in [3.8, 4) is 0 Å². The van der Waals surface area contributed by atoms with Crippen molar-refractivity contribution >= 4 is 30.7 Å². The minimum atomic E-state index is -0.312. The molecule has 2 rings (SSSR count). The molecular formula is C18H37Cl2N3O. The van der Waals surface area contributed by atoms with E-state index in [-0.39, 0.29) is 36.8 Å². The van der Waals surface area contributed by atoms with E-state index < -0.39 is 0 Å². The number of rotatable bonds is 5. The Bertz CT molecular complexity index is 368. The summed E-state index contributed by atoms with van der Waals surface area (Å²) in [5.74, 6) is 1.28. The van der Waals surface area contributed by atoms with Gasteiger partial charge in [-0.05, 0) is 57.4 Å². The maximum Gasteiger partial charge on any atom is 0.239 e. The van der Waals surface area contributed by atoms with Gasteiger partial charge in [0, 0.05) is 25.7 Å². The molecule has 2 aliphatic heterocycles. The van der Waals surface area contributed by atoms with Gasteiger partial charge in [-0.2, -0.15) is 0 Å². The lowest BCUT2D eigenvalue weighted by Crippen LogP contribution is -2.51. The predicted octanol–water partition coefficient (Wildman–Crippen LogP) is 3.32. The summed E-state index contributed by atoms with van der Waals surface area (Å²) in [5, 5.41) is 0. The van der Waals surface area contributed by atoms with Crippen LogP contribution in [0.25, 0.3) is 0 Å². The zero-order valence-corrected chi connectivity index (χ0v) is 17.2. The Balaban J connectivity index is 0.00000264. The minimum Gasteiger partial charge on any atom is -0.341 e. The molecule has 0 spiro atoms. The van der Waals surface area contributed by atoms with Crippen LogP contribution in [0.5, 0.6) is 0 Å². The van der Waals surface area contributed by atoms with Gasteiger partial charge in [0.1, 0.15) is 0 Å². The predicted molar refractivity (Wildman–Crippen MR) is 106 cm³/mol. The molecule has 1 amide bonds. The molecule has 0 aliphatic carbocycles. The van der Waals surface area contributed by atoms with Crippen LogP contribution in [0.2, 0.25) is 0 Å². The molecule has 4 nitrogen and oxygen atoms in total. The zero-order valence-electron chi connectivity index (χ0n) is 15.6. The number of hydrogen-bond donors (Lipinski definition) is 1. The van der Waals surface area contributed by atoms with Crippen LogP contribution in [-0.4, -0.2) is 54.0 Å². The van der Waals surface area contributed by atoms with Gasteiger partial charge in [0.15, 0.2) is 0 Å². The number of amides is 1. The van der Waals surface area contributed by atoms with Crippen molar-refractivity contribution < 1.29 is 4.79 Å². The topological polar surface area (TPSA) is 49.6 Å². The van der Waals surface area contributed by atoms with Crippen LogP contribution in [0.1, 0.15) is 59.3 Å². The minimum absolute atomic E-state index is 0. The van der Waals surface area contributed by atoms with Crippen LogP contribution in [0, 0.1) is 11.8 Å². The quantitative estimate of drug-likeness (QED) is 0.794. The third kappa shape index (κ3) is 7.07. The normalized spacial score (nSPS) is 26.5. The summed E-state index contributed by atoms with van der Waals surface area (Å²) < 4.78 is 0. The van der Waals surface area contributed by atoms with Crippen LogP contribution in [0.15, 0.2) is 0 Å². The summed E-state index contributed by atoms with van der Waals surface area (Å²) in [7, 11) is 0. The Labute approximate surface area is 160 Å². The maximum absolute atomic E-state index is 12.5. The largest absolute Gasteiger partial charge is 0.341 e. The summed E-state index contributed by atoms with van der Waals surface area (Å²) in [4.78, 5) is 17.2. The molecular weight excluding hydrogens is 345 g/mol. The summed E-state index contributed by atoms with van der Waals surface area (Å²) in [6, 6.07) is 0.399. The van der Waals surface area contributed by atoms with E-state index >= 15 is 0 Å². The first kappa shape index (κ1) is 24.0. The number of carbonyl (C=O) groups is 1. The third-order valence-corrected chi connectivity index (χ3v) is 5.31. The van der Waals surface area contributed by atoms with E-state index in [2.05, 4.69) is 25.7 Å². The van der Waals surface area contributed by atoms with Gasteiger partial charge in [0.05, 0.1) is 6.04 Å². The molecule has 2 heterocycles. The van der Waals surface area contributed by atoms with E-state index in [1.54, 1.807) is 0 Å². The lowest BCUT2D eigenvalue weighted by atomic mass is 9.94. The number of halogens is 2. The second kappa shape index (κ2) is 11.6. The fraction of sp³-hybridized carbons (Fsp3) is 0.944. The van der Waals surface area contributed by atoms with Crippen molar-refractivity contribution in [2.45, 2.75) is 71.4 Å². The zero-order chi connectivity index (χ0) is 16.1. The molecule has 2 fully saturated rings. The Hall–Kier alpha value is -0.0300. The van der Waals surface area contributed by atoms with Gasteiger partial charge in [0.25, 0.3) is 0 Å². The van der Waals surface area contributed by atoms with E-state index in [0.717, 1.165) is 32.5 Å². The van der Waals surface area contributed by atoms with Crippen molar-refractivity contribution in [1.29, 1.82) is 0 Å². The van der Waals surface area contributed by atoms with Crippen LogP contribution >= 0.6 is 24.8 Å². The van der Waals surface area contributed by atoms with Crippen molar-refractivity contribution in [2.75, 3.05) is 26.2 Å². The molecule has 0 radical (unpaired) electrons. The number of hydrogen-bond acceptors (Lipinski definition) is 3. The van der Waals surface area contributed by atoms with Crippen molar-refractivity contribution in [3.63, 3.8) is 0 Å². The van der Waals surface area contributed by atoms with Crippen LogP contribution < -0.4 is 5.73 Å². The average molecular weight is 382 g/mol. The van der Waals surface area contributed by atoms with Crippen molar-refractivity contribution in [1.82, 2.24) is 9.80 Å². The molecule has 2 saturated heterocycles. The Morgan fingerprint density at radius 2 is 1.83 bits per heavy atom. The number of piperidine rings is 2. The van der Waals surface area contributed by atoms with Crippen molar-refractivity contribution in [2.24, 2.45) is 17.6 Å². The SMILES string of the molecule is CC(C)C[C@H](N)C(=O)N1CCCC(CN2CCCCC2C)C1.Cl.Cl. The highest BCUT2D eigenvalue weighted by molar-refractivity contribution is 5.85. The van der Waals surface area contributed by atoms with E-state index in [1.165, 1.54) is 32.2 Å². The van der Waals surface area contributed by atoms with Gasteiger partial charge in [-0.3, -0.25) is 4.79 Å². The Kier molecular flexibility index (Phi) is 11.5. The lowest BCUT2D eigenvalue weighted by Gasteiger charge is -2.40. The fourth-order valence-electron chi connectivity index (χ4n) is 4.02. The van der Waals surface area contributed by atoms with Gasteiger partial charge in [-0.1, -0.05) is 20.3 Å². The molecule has 0 aromatic rings. The van der Waals surface area contributed by atoms with E-state index in [4.69, 9.17) is 5.73 Å². The average Bonchev–Trinajstić information content (AvgIpc) is 2.48. The number of nitrogens with zero attached hydrogens (tertiary/aromatic N) is 2. The highest BCUT2D eigenvalue weighted by atomic mass is 35.5. The van der Waals surface area contributed by atoms with E-state index in [9.17, 15) is 4.79 Å². The molecule has 6 heteroatoms. The van der Waals surface area contributed by atoms with Gasteiger partial charge >= 0.3 is 0 Å². The molecule has 2 N–H and O–H groups in total. The van der Waals surface area contributed by atoms with E-state index in [1.807, 2.05) is 4.90 Å². The van der Waals surface area contributed by atoms with Gasteiger partial charge in [0.2, 0.25) is 5.91 Å². The maximum atomic E-state index is 12.5. The first-order chi connectivity index (χ1) is 10.5. The van der Waals surface area contributed by atoms with Gasteiger partial charge in [-0.15, -0.1) is 24.8 Å². The molecule has 24 heavy (non-hydrogen) atoms. The van der Waals surface area contributed by atoms with Crippen LogP contribution in [0.3, 0.4) is 0 Å². The van der Waals surface area contributed by atoms with Gasteiger partial charge < -0.3 is 15.5 Å². The monoisotopic (exact) mass is 381 g/mol. The number of likely N-dealkylation sites (tertiary alicyclic amines) is 2. The molecule has 0 bridgehead atoms. The van der Waals surface area contributed by atoms with Gasteiger partial charge in [-0.25, -0.2) is 0 Å². The molecule has 0 saturated carbocycles. The summed E-state index contributed by atoms with van der Waals surface area (Å²) >= 11 is 0. The molecule has 0 aromatic heterocycles. The third-order valence-electron chi connectivity index (χ3n) is 5.31. The summed E-state index contributed by atoms with van der Waals surface area (Å²) in [6.45, 7) is 10.8.